The first-order chi connectivity index (χ1) is 15.6. The normalized spacial score (nSPS) is 15.5. The molecular weight excluding hydrogens is 424 g/mol. The van der Waals surface area contributed by atoms with E-state index in [0.29, 0.717) is 17.1 Å². The summed E-state index contributed by atoms with van der Waals surface area (Å²) in [6.45, 7) is 0.605. The van der Waals surface area contributed by atoms with Gasteiger partial charge in [-0.2, -0.15) is 0 Å². The Morgan fingerprint density at radius 3 is 2.28 bits per heavy atom. The van der Waals surface area contributed by atoms with Gasteiger partial charge in [-0.3, -0.25) is 4.79 Å². The van der Waals surface area contributed by atoms with Crippen molar-refractivity contribution < 1.29 is 14.3 Å². The molecule has 0 radical (unpaired) electrons. The van der Waals surface area contributed by atoms with E-state index in [-0.39, 0.29) is 11.9 Å². The van der Waals surface area contributed by atoms with Crippen LogP contribution in [-0.4, -0.2) is 36.6 Å². The average molecular weight is 447 g/mol. The number of methoxy groups -OCH3 is 2. The molecule has 0 saturated heterocycles. The molecule has 6 heteroatoms. The summed E-state index contributed by atoms with van der Waals surface area (Å²) < 4.78 is 10.6. The van der Waals surface area contributed by atoms with E-state index in [9.17, 15) is 4.79 Å². The molecule has 0 spiro atoms. The maximum absolute atomic E-state index is 13.6. The smallest absolute Gasteiger partial charge is 0.254 e. The van der Waals surface area contributed by atoms with Gasteiger partial charge in [-0.05, 0) is 72.1 Å². The molecule has 1 unspecified atom stereocenters. The molecule has 5 rings (SSSR count). The predicted molar refractivity (Wildman–Crippen MR) is 126 cm³/mol. The van der Waals surface area contributed by atoms with E-state index in [2.05, 4.69) is 4.98 Å². The highest BCUT2D eigenvalue weighted by atomic mass is 35.5. The summed E-state index contributed by atoms with van der Waals surface area (Å²) in [7, 11) is 3.26. The third-order valence-electron chi connectivity index (χ3n) is 6.12. The molecule has 0 fully saturated rings. The summed E-state index contributed by atoms with van der Waals surface area (Å²) in [5.41, 5.74) is 4.91. The lowest BCUT2D eigenvalue weighted by molar-refractivity contribution is 0.0692. The SMILES string of the molecule is COc1ccc(C(=O)N2CCc3c([nH]c4ccc(Cl)cc34)C2c2ccc(OC)cc2)cc1. The number of H-pyrrole nitrogens is 1. The van der Waals surface area contributed by atoms with E-state index >= 15 is 0 Å². The number of aromatic nitrogens is 1. The lowest BCUT2D eigenvalue weighted by atomic mass is 9.91. The fourth-order valence-electron chi connectivity index (χ4n) is 4.51. The average Bonchev–Trinajstić information content (AvgIpc) is 3.21. The number of benzene rings is 3. The van der Waals surface area contributed by atoms with Crippen LogP contribution in [0, 0.1) is 0 Å². The monoisotopic (exact) mass is 446 g/mol. The second-order valence-electron chi connectivity index (χ2n) is 7.86. The van der Waals surface area contributed by atoms with Crippen LogP contribution in [0.15, 0.2) is 66.7 Å². The predicted octanol–water partition coefficient (Wildman–Crippen LogP) is 5.63. The zero-order valence-corrected chi connectivity index (χ0v) is 18.6. The number of aromatic amines is 1. The number of fused-ring (bicyclic) bond motifs is 3. The van der Waals surface area contributed by atoms with Crippen LogP contribution < -0.4 is 9.47 Å². The Bertz CT molecular complexity index is 1280. The molecule has 1 N–H and O–H groups in total. The van der Waals surface area contributed by atoms with E-state index in [4.69, 9.17) is 21.1 Å². The molecule has 32 heavy (non-hydrogen) atoms. The Balaban J connectivity index is 1.62. The highest BCUT2D eigenvalue weighted by Crippen LogP contribution is 2.40. The molecule has 2 heterocycles. The largest absolute Gasteiger partial charge is 0.497 e. The summed E-state index contributed by atoms with van der Waals surface area (Å²) in [5.74, 6) is 1.48. The van der Waals surface area contributed by atoms with Crippen LogP contribution in [0.2, 0.25) is 5.02 Å². The van der Waals surface area contributed by atoms with Crippen molar-refractivity contribution in [1.29, 1.82) is 0 Å². The van der Waals surface area contributed by atoms with Crippen molar-refractivity contribution in [3.05, 3.63) is 94.1 Å². The van der Waals surface area contributed by atoms with Crippen LogP contribution in [-0.2, 0) is 6.42 Å². The summed E-state index contributed by atoms with van der Waals surface area (Å²) in [4.78, 5) is 19.1. The standard InChI is InChI=1S/C26H23ClN2O3/c1-31-19-8-3-16(4-9-19)25-24-21(22-15-18(27)7-12-23(22)28-24)13-14-29(25)26(30)17-5-10-20(32-2)11-6-17/h3-12,15,25,28H,13-14H2,1-2H3. The van der Waals surface area contributed by atoms with E-state index < -0.39 is 0 Å². The number of nitrogens with zero attached hydrogens (tertiary/aromatic N) is 1. The summed E-state index contributed by atoms with van der Waals surface area (Å²) in [6.07, 6.45) is 0.754. The minimum absolute atomic E-state index is 0.0178. The van der Waals surface area contributed by atoms with E-state index in [0.717, 1.165) is 40.1 Å². The Morgan fingerprint density at radius 1 is 0.969 bits per heavy atom. The highest BCUT2D eigenvalue weighted by molar-refractivity contribution is 6.31. The van der Waals surface area contributed by atoms with Gasteiger partial charge in [-0.25, -0.2) is 0 Å². The first-order valence-electron chi connectivity index (χ1n) is 10.5. The number of ether oxygens (including phenoxy) is 2. The summed E-state index contributed by atoms with van der Waals surface area (Å²) in [6, 6.07) is 20.8. The molecule has 3 aromatic carbocycles. The Kier molecular flexibility index (Phi) is 5.27. The first kappa shape index (κ1) is 20.5. The molecule has 1 atom stereocenters. The molecule has 1 amide bonds. The fourth-order valence-corrected chi connectivity index (χ4v) is 4.68. The van der Waals surface area contributed by atoms with Crippen LogP contribution in [0.5, 0.6) is 11.5 Å². The van der Waals surface area contributed by atoms with Gasteiger partial charge in [0.2, 0.25) is 0 Å². The third kappa shape index (κ3) is 3.49. The van der Waals surface area contributed by atoms with Crippen LogP contribution in [0.25, 0.3) is 10.9 Å². The van der Waals surface area contributed by atoms with Gasteiger partial charge in [0.25, 0.3) is 5.91 Å². The molecule has 0 saturated carbocycles. The van der Waals surface area contributed by atoms with Gasteiger partial charge >= 0.3 is 0 Å². The molecule has 0 bridgehead atoms. The van der Waals surface area contributed by atoms with Crippen LogP contribution in [0.1, 0.15) is 33.2 Å². The third-order valence-corrected chi connectivity index (χ3v) is 6.35. The van der Waals surface area contributed by atoms with Crippen molar-refractivity contribution in [2.75, 3.05) is 20.8 Å². The number of hydrogen-bond donors (Lipinski definition) is 1. The van der Waals surface area contributed by atoms with Gasteiger partial charge in [0.05, 0.1) is 20.3 Å². The number of carbonyl (C=O) groups excluding carboxylic acids is 1. The zero-order chi connectivity index (χ0) is 22.2. The second kappa shape index (κ2) is 8.24. The minimum atomic E-state index is -0.245. The summed E-state index contributed by atoms with van der Waals surface area (Å²) >= 11 is 6.29. The maximum Gasteiger partial charge on any atom is 0.254 e. The summed E-state index contributed by atoms with van der Waals surface area (Å²) in [5, 5.41) is 1.82. The van der Waals surface area contributed by atoms with Gasteiger partial charge < -0.3 is 19.4 Å². The van der Waals surface area contributed by atoms with Crippen molar-refractivity contribution in [2.24, 2.45) is 0 Å². The van der Waals surface area contributed by atoms with Gasteiger partial charge in [0, 0.05) is 33.7 Å². The highest BCUT2D eigenvalue weighted by Gasteiger charge is 2.35. The lowest BCUT2D eigenvalue weighted by Gasteiger charge is -2.36. The topological polar surface area (TPSA) is 54.6 Å². The zero-order valence-electron chi connectivity index (χ0n) is 17.9. The Morgan fingerprint density at radius 2 is 1.62 bits per heavy atom. The number of rotatable bonds is 4. The molecule has 1 aromatic heterocycles. The minimum Gasteiger partial charge on any atom is -0.497 e. The van der Waals surface area contributed by atoms with Crippen molar-refractivity contribution in [1.82, 2.24) is 9.88 Å². The van der Waals surface area contributed by atoms with Gasteiger partial charge in [0.15, 0.2) is 0 Å². The second-order valence-corrected chi connectivity index (χ2v) is 8.30. The molecule has 5 nitrogen and oxygen atoms in total. The number of halogens is 1. The fraction of sp³-hybridized carbons (Fsp3) is 0.192. The quantitative estimate of drug-likeness (QED) is 0.442. The lowest BCUT2D eigenvalue weighted by Crippen LogP contribution is -2.40. The van der Waals surface area contributed by atoms with E-state index in [1.165, 1.54) is 5.56 Å². The maximum atomic E-state index is 13.6. The molecule has 1 aliphatic rings. The van der Waals surface area contributed by atoms with E-state index in [1.54, 1.807) is 14.2 Å². The molecule has 162 valence electrons. The van der Waals surface area contributed by atoms with Crippen molar-refractivity contribution >= 4 is 28.4 Å². The van der Waals surface area contributed by atoms with Gasteiger partial charge in [-0.15, -0.1) is 0 Å². The molecular formula is C26H23ClN2O3. The molecule has 1 aliphatic heterocycles. The number of amides is 1. The van der Waals surface area contributed by atoms with Crippen LogP contribution in [0.4, 0.5) is 0 Å². The van der Waals surface area contributed by atoms with Crippen molar-refractivity contribution in [3.8, 4) is 11.5 Å². The van der Waals surface area contributed by atoms with Crippen LogP contribution >= 0.6 is 11.6 Å². The first-order valence-corrected chi connectivity index (χ1v) is 10.9. The Hall–Kier alpha value is -3.44. The Labute approximate surface area is 191 Å². The molecule has 4 aromatic rings. The molecule has 0 aliphatic carbocycles. The number of carbonyl (C=O) groups is 1. The van der Waals surface area contributed by atoms with Crippen LogP contribution in [0.3, 0.4) is 0 Å². The van der Waals surface area contributed by atoms with E-state index in [1.807, 2.05) is 71.6 Å². The number of hydrogen-bond acceptors (Lipinski definition) is 3. The number of nitrogens with one attached hydrogen (secondary N) is 1. The van der Waals surface area contributed by atoms with Crippen molar-refractivity contribution in [3.63, 3.8) is 0 Å². The van der Waals surface area contributed by atoms with Gasteiger partial charge in [-0.1, -0.05) is 23.7 Å². The van der Waals surface area contributed by atoms with Gasteiger partial charge in [0.1, 0.15) is 11.5 Å². The van der Waals surface area contributed by atoms with Crippen molar-refractivity contribution in [2.45, 2.75) is 12.5 Å².